The van der Waals surface area contributed by atoms with E-state index in [9.17, 15) is 9.59 Å². The highest BCUT2D eigenvalue weighted by Crippen LogP contribution is 2.33. The molecule has 1 N–H and O–H groups in total. The number of rotatable bonds is 6. The molecule has 0 bridgehead atoms. The van der Waals surface area contributed by atoms with E-state index < -0.39 is 0 Å². The van der Waals surface area contributed by atoms with Gasteiger partial charge in [-0.05, 0) is 42.8 Å². The second-order valence-corrected chi connectivity index (χ2v) is 9.85. The molecule has 0 fully saturated rings. The number of aromatic nitrogens is 2. The number of carbonyl (C=O) groups excluding carboxylic acids is 1. The Morgan fingerprint density at radius 1 is 0.971 bits per heavy atom. The summed E-state index contributed by atoms with van der Waals surface area (Å²) in [5, 5.41) is 3.50. The van der Waals surface area contributed by atoms with Crippen LogP contribution in [0.2, 0.25) is 0 Å². The van der Waals surface area contributed by atoms with Crippen molar-refractivity contribution < 1.29 is 4.79 Å². The molecule has 0 atom stereocenters. The van der Waals surface area contributed by atoms with E-state index in [1.54, 1.807) is 18.7 Å². The van der Waals surface area contributed by atoms with Crippen LogP contribution in [0, 0.1) is 6.92 Å². The van der Waals surface area contributed by atoms with Crippen molar-refractivity contribution in [3.05, 3.63) is 107 Å². The van der Waals surface area contributed by atoms with Gasteiger partial charge in [-0.2, -0.15) is 0 Å². The van der Waals surface area contributed by atoms with Crippen LogP contribution in [0.25, 0.3) is 20.7 Å². The highest BCUT2D eigenvalue weighted by Gasteiger charge is 2.16. The zero-order valence-corrected chi connectivity index (χ0v) is 20.0. The second-order valence-electron chi connectivity index (χ2n) is 7.71. The van der Waals surface area contributed by atoms with Crippen LogP contribution in [-0.2, 0) is 11.3 Å². The van der Waals surface area contributed by atoms with E-state index in [0.29, 0.717) is 21.7 Å². The lowest BCUT2D eigenvalue weighted by Gasteiger charge is -2.13. The highest BCUT2D eigenvalue weighted by atomic mass is 32.2. The van der Waals surface area contributed by atoms with E-state index in [-0.39, 0.29) is 18.0 Å². The Labute approximate surface area is 205 Å². The normalized spacial score (nSPS) is 11.0. The fraction of sp³-hybridized carbons (Fsp3) is 0.0741. The van der Waals surface area contributed by atoms with Crippen LogP contribution in [0.5, 0.6) is 0 Å². The van der Waals surface area contributed by atoms with Crippen molar-refractivity contribution in [3.8, 4) is 10.4 Å². The second kappa shape index (κ2) is 9.67. The van der Waals surface area contributed by atoms with E-state index in [4.69, 9.17) is 0 Å². The first-order chi connectivity index (χ1) is 16.6. The van der Waals surface area contributed by atoms with Gasteiger partial charge in [0.25, 0.3) is 5.56 Å². The molecule has 0 radical (unpaired) electrons. The summed E-state index contributed by atoms with van der Waals surface area (Å²) in [5.74, 6) is 0.243. The molecule has 0 saturated carbocycles. The largest absolute Gasteiger partial charge is 0.323 e. The third-order valence-corrected chi connectivity index (χ3v) is 7.50. The molecule has 5 aromatic rings. The summed E-state index contributed by atoms with van der Waals surface area (Å²) in [6, 6.07) is 29.4. The van der Waals surface area contributed by atoms with Gasteiger partial charge in [-0.1, -0.05) is 72.4 Å². The summed E-state index contributed by atoms with van der Waals surface area (Å²) in [5.41, 5.74) is 1.55. The molecule has 0 unspecified atom stereocenters. The molecule has 5 rings (SSSR count). The van der Waals surface area contributed by atoms with Crippen LogP contribution >= 0.6 is 23.1 Å². The molecule has 0 saturated heterocycles. The van der Waals surface area contributed by atoms with Crippen LogP contribution in [0.3, 0.4) is 0 Å². The van der Waals surface area contributed by atoms with Gasteiger partial charge in [0.05, 0.1) is 11.1 Å². The zero-order chi connectivity index (χ0) is 23.5. The smallest absolute Gasteiger partial charge is 0.262 e. The number of nitrogens with one attached hydrogen (secondary N) is 1. The molecule has 5 nitrogen and oxygen atoms in total. The maximum atomic E-state index is 13.2. The fourth-order valence-electron chi connectivity index (χ4n) is 3.66. The van der Waals surface area contributed by atoms with Gasteiger partial charge in [-0.25, -0.2) is 4.98 Å². The molecular weight excluding hydrogens is 462 g/mol. The molecule has 0 spiro atoms. The van der Waals surface area contributed by atoms with Gasteiger partial charge in [0, 0.05) is 14.7 Å². The predicted molar refractivity (Wildman–Crippen MR) is 140 cm³/mol. The number of anilines is 1. The van der Waals surface area contributed by atoms with Gasteiger partial charge in [0.15, 0.2) is 0 Å². The zero-order valence-electron chi connectivity index (χ0n) is 18.4. The van der Waals surface area contributed by atoms with Crippen molar-refractivity contribution in [2.45, 2.75) is 23.3 Å². The number of carbonyl (C=O) groups is 1. The molecule has 3 aromatic carbocycles. The van der Waals surface area contributed by atoms with E-state index in [1.165, 1.54) is 15.9 Å². The SMILES string of the molecule is Cc1nc2sc(-c3ccccc3)cc2c(=O)n1CC(=O)Nc1ccccc1Sc1ccccc1. The van der Waals surface area contributed by atoms with E-state index in [0.717, 1.165) is 20.2 Å². The quantitative estimate of drug-likeness (QED) is 0.311. The summed E-state index contributed by atoms with van der Waals surface area (Å²) in [7, 11) is 0. The van der Waals surface area contributed by atoms with Gasteiger partial charge in [-0.3, -0.25) is 14.2 Å². The number of amides is 1. The maximum absolute atomic E-state index is 13.2. The van der Waals surface area contributed by atoms with Crippen LogP contribution in [0.1, 0.15) is 5.82 Å². The Bertz CT molecular complexity index is 1530. The van der Waals surface area contributed by atoms with Crippen molar-refractivity contribution in [2.75, 3.05) is 5.32 Å². The van der Waals surface area contributed by atoms with Crippen molar-refractivity contribution in [3.63, 3.8) is 0 Å². The highest BCUT2D eigenvalue weighted by molar-refractivity contribution is 7.99. The van der Waals surface area contributed by atoms with Gasteiger partial charge < -0.3 is 5.32 Å². The lowest BCUT2D eigenvalue weighted by molar-refractivity contribution is -0.116. The van der Waals surface area contributed by atoms with Gasteiger partial charge >= 0.3 is 0 Å². The molecule has 2 aromatic heterocycles. The predicted octanol–water partition coefficient (Wildman–Crippen LogP) is 6.22. The Hall–Kier alpha value is -3.68. The number of hydrogen-bond donors (Lipinski definition) is 1. The minimum Gasteiger partial charge on any atom is -0.323 e. The fourth-order valence-corrected chi connectivity index (χ4v) is 5.65. The van der Waals surface area contributed by atoms with Crippen LogP contribution in [-0.4, -0.2) is 15.5 Å². The number of fused-ring (bicyclic) bond motifs is 1. The molecule has 34 heavy (non-hydrogen) atoms. The van der Waals surface area contributed by atoms with E-state index in [2.05, 4.69) is 10.3 Å². The molecule has 2 heterocycles. The van der Waals surface area contributed by atoms with Crippen molar-refractivity contribution in [1.29, 1.82) is 0 Å². The maximum Gasteiger partial charge on any atom is 0.262 e. The lowest BCUT2D eigenvalue weighted by Crippen LogP contribution is -2.30. The lowest BCUT2D eigenvalue weighted by atomic mass is 10.2. The summed E-state index contributed by atoms with van der Waals surface area (Å²) in [6.45, 7) is 1.66. The first-order valence-electron chi connectivity index (χ1n) is 10.8. The molecule has 0 aliphatic heterocycles. The number of para-hydroxylation sites is 1. The average molecular weight is 484 g/mol. The van der Waals surface area contributed by atoms with Crippen molar-refractivity contribution >= 4 is 44.9 Å². The van der Waals surface area contributed by atoms with Gasteiger partial charge in [0.1, 0.15) is 17.2 Å². The topological polar surface area (TPSA) is 64.0 Å². The monoisotopic (exact) mass is 483 g/mol. The summed E-state index contributed by atoms with van der Waals surface area (Å²) < 4.78 is 1.44. The molecular formula is C27H21N3O2S2. The van der Waals surface area contributed by atoms with Gasteiger partial charge in [0.2, 0.25) is 5.91 Å². The number of thiophene rings is 1. The van der Waals surface area contributed by atoms with Crippen LogP contribution in [0.4, 0.5) is 5.69 Å². The Balaban J connectivity index is 1.40. The summed E-state index contributed by atoms with van der Waals surface area (Å²) >= 11 is 3.06. The molecule has 168 valence electrons. The minimum atomic E-state index is -0.272. The number of hydrogen-bond acceptors (Lipinski definition) is 5. The summed E-state index contributed by atoms with van der Waals surface area (Å²) in [4.78, 5) is 34.5. The number of nitrogens with zero attached hydrogens (tertiary/aromatic N) is 2. The minimum absolute atomic E-state index is 0.103. The standard InChI is InChI=1S/C27H21N3O2S2/c1-18-28-26-21(16-24(34-26)19-10-4-2-5-11-19)27(32)30(18)17-25(31)29-22-14-8-9-15-23(22)33-20-12-6-3-7-13-20/h2-16H,17H2,1H3,(H,29,31). The molecule has 0 aliphatic carbocycles. The average Bonchev–Trinajstić information content (AvgIpc) is 3.28. The third-order valence-electron chi connectivity index (χ3n) is 5.33. The Morgan fingerprint density at radius 2 is 1.65 bits per heavy atom. The van der Waals surface area contributed by atoms with E-state index in [1.807, 2.05) is 91.0 Å². The first kappa shape index (κ1) is 22.1. The van der Waals surface area contributed by atoms with E-state index >= 15 is 0 Å². The van der Waals surface area contributed by atoms with Gasteiger partial charge in [-0.15, -0.1) is 11.3 Å². The number of aryl methyl sites for hydroxylation is 1. The van der Waals surface area contributed by atoms with Crippen molar-refractivity contribution in [1.82, 2.24) is 9.55 Å². The third kappa shape index (κ3) is 4.66. The number of benzene rings is 3. The van der Waals surface area contributed by atoms with Crippen molar-refractivity contribution in [2.24, 2.45) is 0 Å². The van der Waals surface area contributed by atoms with Crippen LogP contribution in [0.15, 0.2) is 106 Å². The van der Waals surface area contributed by atoms with Crippen LogP contribution < -0.4 is 10.9 Å². The molecule has 1 amide bonds. The molecule has 0 aliphatic rings. The first-order valence-corrected chi connectivity index (χ1v) is 12.4. The Morgan fingerprint density at radius 3 is 2.41 bits per heavy atom. The molecule has 7 heteroatoms. The summed E-state index contributed by atoms with van der Waals surface area (Å²) in [6.07, 6.45) is 0. The Kier molecular flexibility index (Phi) is 6.29.